The molecule has 148 valence electrons. The summed E-state index contributed by atoms with van der Waals surface area (Å²) in [6, 6.07) is 7.51. The summed E-state index contributed by atoms with van der Waals surface area (Å²) in [5.74, 6) is -0.376. The fraction of sp³-hybridized carbons (Fsp3) is 0.318. The van der Waals surface area contributed by atoms with Crippen molar-refractivity contribution in [2.75, 3.05) is 6.54 Å². The van der Waals surface area contributed by atoms with Crippen molar-refractivity contribution in [1.82, 2.24) is 24.3 Å². The molecule has 0 aliphatic carbocycles. The number of nitrogens with one attached hydrogen (secondary N) is 1. The van der Waals surface area contributed by atoms with Crippen molar-refractivity contribution in [3.63, 3.8) is 0 Å². The van der Waals surface area contributed by atoms with Crippen molar-refractivity contribution in [3.8, 4) is 11.1 Å². The minimum Gasteiger partial charge on any atom is -0.314 e. The first-order valence-corrected chi connectivity index (χ1v) is 9.89. The highest BCUT2D eigenvalue weighted by Gasteiger charge is 2.21. The zero-order chi connectivity index (χ0) is 20.1. The van der Waals surface area contributed by atoms with Crippen molar-refractivity contribution in [2.24, 2.45) is 0 Å². The summed E-state index contributed by atoms with van der Waals surface area (Å²) >= 11 is 0. The molecule has 1 saturated heterocycles. The number of rotatable bonds is 2. The van der Waals surface area contributed by atoms with Gasteiger partial charge in [0.2, 0.25) is 0 Å². The van der Waals surface area contributed by atoms with Gasteiger partial charge in [0.25, 0.3) is 5.56 Å². The molecule has 2 atom stereocenters. The molecule has 4 aromatic rings. The molecular formula is C22H22FN5O. The molecule has 4 heterocycles. The molecule has 3 aromatic heterocycles. The van der Waals surface area contributed by atoms with Gasteiger partial charge in [-0.25, -0.2) is 14.4 Å². The summed E-state index contributed by atoms with van der Waals surface area (Å²) in [7, 11) is 0. The molecule has 0 saturated carbocycles. The van der Waals surface area contributed by atoms with Crippen molar-refractivity contribution in [3.05, 3.63) is 64.9 Å². The highest BCUT2D eigenvalue weighted by molar-refractivity contribution is 5.83. The quantitative estimate of drug-likeness (QED) is 0.568. The summed E-state index contributed by atoms with van der Waals surface area (Å²) in [5.41, 5.74) is 3.19. The van der Waals surface area contributed by atoms with Gasteiger partial charge in [-0.1, -0.05) is 6.07 Å². The molecule has 1 N–H and O–H groups in total. The topological polar surface area (TPSA) is 64.2 Å². The van der Waals surface area contributed by atoms with Gasteiger partial charge in [-0.05, 0) is 57.0 Å². The molecule has 6 nitrogen and oxygen atoms in total. The number of aromatic nitrogens is 4. The molecule has 0 radical (unpaired) electrons. The molecule has 5 rings (SSSR count). The fourth-order valence-electron chi connectivity index (χ4n) is 4.27. The Hall–Kier alpha value is -3.06. The van der Waals surface area contributed by atoms with Gasteiger partial charge in [-0.2, -0.15) is 0 Å². The van der Waals surface area contributed by atoms with Crippen molar-refractivity contribution >= 4 is 16.6 Å². The van der Waals surface area contributed by atoms with Crippen LogP contribution in [0.15, 0.2) is 47.8 Å². The van der Waals surface area contributed by atoms with Crippen LogP contribution in [0.25, 0.3) is 27.7 Å². The van der Waals surface area contributed by atoms with E-state index in [1.807, 2.05) is 25.3 Å². The Morgan fingerprint density at radius 2 is 2.07 bits per heavy atom. The van der Waals surface area contributed by atoms with Crippen LogP contribution >= 0.6 is 0 Å². The second-order valence-corrected chi connectivity index (χ2v) is 7.91. The maximum Gasteiger partial charge on any atom is 0.261 e. The Balaban J connectivity index is 1.58. The van der Waals surface area contributed by atoms with Gasteiger partial charge in [-0.3, -0.25) is 9.36 Å². The van der Waals surface area contributed by atoms with E-state index in [0.717, 1.165) is 30.6 Å². The van der Waals surface area contributed by atoms with E-state index in [-0.39, 0.29) is 17.4 Å². The highest BCUT2D eigenvalue weighted by atomic mass is 19.1. The average Bonchev–Trinajstić information content (AvgIpc) is 3.09. The minimum absolute atomic E-state index is 0.0208. The largest absolute Gasteiger partial charge is 0.314 e. The van der Waals surface area contributed by atoms with Crippen LogP contribution in [0, 0.1) is 12.7 Å². The Kier molecular flexibility index (Phi) is 4.20. The van der Waals surface area contributed by atoms with Crippen LogP contribution in [0.4, 0.5) is 4.39 Å². The van der Waals surface area contributed by atoms with E-state index in [9.17, 15) is 9.18 Å². The third kappa shape index (κ3) is 3.11. The first kappa shape index (κ1) is 18.0. The van der Waals surface area contributed by atoms with Crippen LogP contribution in [-0.2, 0) is 0 Å². The third-order valence-electron chi connectivity index (χ3n) is 5.73. The summed E-state index contributed by atoms with van der Waals surface area (Å²) < 4.78 is 17.9. The molecule has 1 fully saturated rings. The van der Waals surface area contributed by atoms with Crippen LogP contribution in [0.3, 0.4) is 0 Å². The molecule has 1 aromatic carbocycles. The van der Waals surface area contributed by atoms with Crippen LogP contribution in [0.2, 0.25) is 0 Å². The fourth-order valence-corrected chi connectivity index (χ4v) is 4.27. The van der Waals surface area contributed by atoms with Gasteiger partial charge in [-0.15, -0.1) is 0 Å². The summed E-state index contributed by atoms with van der Waals surface area (Å²) in [5, 5.41) is 4.00. The van der Waals surface area contributed by atoms with E-state index in [2.05, 4.69) is 22.2 Å². The Labute approximate surface area is 167 Å². The van der Waals surface area contributed by atoms with E-state index < -0.39 is 0 Å². The number of halogens is 1. The Morgan fingerprint density at radius 1 is 1.21 bits per heavy atom. The first-order valence-electron chi connectivity index (χ1n) is 9.89. The van der Waals surface area contributed by atoms with E-state index in [1.54, 1.807) is 27.6 Å². The second kappa shape index (κ2) is 6.77. The smallest absolute Gasteiger partial charge is 0.261 e. The first-order chi connectivity index (χ1) is 14.0. The van der Waals surface area contributed by atoms with Gasteiger partial charge < -0.3 is 9.72 Å². The standard InChI is InChI=1S/C22H22FN5O/c1-13-7-17(5-6-24-13)28-12-25-20-9-15(3-4-18(20)22(28)29)16-8-19(23)21-26-14(2)10-27(21)11-16/h3-4,8-13,17,24H,5-7H2,1-2H3. The molecule has 1 aliphatic rings. The molecule has 29 heavy (non-hydrogen) atoms. The van der Waals surface area contributed by atoms with Crippen LogP contribution in [-0.4, -0.2) is 31.5 Å². The third-order valence-corrected chi connectivity index (χ3v) is 5.73. The number of fused-ring (bicyclic) bond motifs is 2. The summed E-state index contributed by atoms with van der Waals surface area (Å²) in [4.78, 5) is 21.8. The average molecular weight is 391 g/mol. The SMILES string of the molecule is Cc1cn2cc(-c3ccc4c(=O)n(C5CCNC(C)C5)cnc4c3)cc(F)c2n1. The van der Waals surface area contributed by atoms with E-state index in [4.69, 9.17) is 0 Å². The van der Waals surface area contributed by atoms with E-state index in [0.29, 0.717) is 28.2 Å². The van der Waals surface area contributed by atoms with Gasteiger partial charge in [0, 0.05) is 30.0 Å². The maximum atomic E-state index is 14.5. The lowest BCUT2D eigenvalue weighted by atomic mass is 10.00. The number of hydrogen-bond acceptors (Lipinski definition) is 4. The number of nitrogens with zero attached hydrogens (tertiary/aromatic N) is 4. The van der Waals surface area contributed by atoms with Crippen LogP contribution in [0.5, 0.6) is 0 Å². The molecule has 0 bridgehead atoms. The van der Waals surface area contributed by atoms with Gasteiger partial charge in [0.05, 0.1) is 22.9 Å². The van der Waals surface area contributed by atoms with Crippen LogP contribution < -0.4 is 10.9 Å². The molecule has 0 amide bonds. The lowest BCUT2D eigenvalue weighted by Gasteiger charge is -2.29. The monoisotopic (exact) mass is 391 g/mol. The predicted molar refractivity (Wildman–Crippen MR) is 111 cm³/mol. The predicted octanol–water partition coefficient (Wildman–Crippen LogP) is 3.47. The molecule has 0 spiro atoms. The number of aryl methyl sites for hydroxylation is 1. The Bertz CT molecular complexity index is 1290. The van der Waals surface area contributed by atoms with Crippen molar-refractivity contribution in [2.45, 2.75) is 38.8 Å². The second-order valence-electron chi connectivity index (χ2n) is 7.91. The van der Waals surface area contributed by atoms with Gasteiger partial charge in [0.15, 0.2) is 11.5 Å². The van der Waals surface area contributed by atoms with Crippen LogP contribution in [0.1, 0.15) is 31.5 Å². The zero-order valence-corrected chi connectivity index (χ0v) is 16.4. The molecule has 1 aliphatic heterocycles. The van der Waals surface area contributed by atoms with Gasteiger partial charge in [0.1, 0.15) is 0 Å². The maximum absolute atomic E-state index is 14.5. The molecule has 7 heteroatoms. The van der Waals surface area contributed by atoms with Gasteiger partial charge >= 0.3 is 0 Å². The number of piperidine rings is 1. The number of benzene rings is 1. The van der Waals surface area contributed by atoms with Crippen molar-refractivity contribution < 1.29 is 4.39 Å². The van der Waals surface area contributed by atoms with Crippen molar-refractivity contribution in [1.29, 1.82) is 0 Å². The lowest BCUT2D eigenvalue weighted by Crippen LogP contribution is -2.39. The minimum atomic E-state index is -0.376. The normalized spacial score (nSPS) is 19.8. The molecular weight excluding hydrogens is 369 g/mol. The Morgan fingerprint density at radius 3 is 2.90 bits per heavy atom. The summed E-state index contributed by atoms with van der Waals surface area (Å²) in [6.45, 7) is 4.87. The molecule has 2 unspecified atom stereocenters. The highest BCUT2D eigenvalue weighted by Crippen LogP contribution is 2.26. The number of hydrogen-bond donors (Lipinski definition) is 1. The van der Waals surface area contributed by atoms with E-state index >= 15 is 0 Å². The zero-order valence-electron chi connectivity index (χ0n) is 16.4. The number of imidazole rings is 1. The number of pyridine rings is 1. The van der Waals surface area contributed by atoms with E-state index in [1.165, 1.54) is 6.07 Å². The summed E-state index contributed by atoms with van der Waals surface area (Å²) in [6.07, 6.45) is 7.12. The lowest BCUT2D eigenvalue weighted by molar-refractivity contribution is 0.307.